The van der Waals surface area contributed by atoms with Gasteiger partial charge < -0.3 is 18.3 Å². The van der Waals surface area contributed by atoms with Gasteiger partial charge >= 0.3 is 5.63 Å². The molecule has 0 N–H and O–H groups in total. The van der Waals surface area contributed by atoms with Gasteiger partial charge in [-0.25, -0.2) is 9.78 Å². The van der Waals surface area contributed by atoms with Crippen LogP contribution in [0.25, 0.3) is 32.2 Å². The summed E-state index contributed by atoms with van der Waals surface area (Å²) in [5.74, 6) is 2.48. The number of rotatable bonds is 8. The summed E-state index contributed by atoms with van der Waals surface area (Å²) in [7, 11) is 1.66. The molecule has 0 spiro atoms. The normalized spacial score (nSPS) is 11.5. The molecule has 5 aromatic rings. The molecule has 0 atom stereocenters. The van der Waals surface area contributed by atoms with E-state index in [9.17, 15) is 4.79 Å². The number of hydrogen-bond donors (Lipinski definition) is 0. The molecule has 0 saturated heterocycles. The molecule has 31 heavy (non-hydrogen) atoms. The van der Waals surface area contributed by atoms with E-state index in [1.165, 1.54) is 10.8 Å². The van der Waals surface area contributed by atoms with E-state index in [1.54, 1.807) is 48.6 Å². The SMILES string of the molecule is COc1ccc2sc(SCCCCOc3c4ccoc4cc4oc(=O)ccc34)nc2c1. The molecular formula is C23H19NO5S2. The number of ether oxygens (including phenoxy) is 2. The first kappa shape index (κ1) is 20.0. The summed E-state index contributed by atoms with van der Waals surface area (Å²) in [6.45, 7) is 0.566. The van der Waals surface area contributed by atoms with Gasteiger partial charge in [0, 0.05) is 24.0 Å². The average molecular weight is 454 g/mol. The minimum absolute atomic E-state index is 0.394. The minimum atomic E-state index is -0.394. The molecule has 0 fully saturated rings. The maximum Gasteiger partial charge on any atom is 0.336 e. The Labute approximate surface area is 185 Å². The fourth-order valence-electron chi connectivity index (χ4n) is 3.38. The van der Waals surface area contributed by atoms with E-state index < -0.39 is 5.63 Å². The van der Waals surface area contributed by atoms with Gasteiger partial charge in [0.05, 0.1) is 41.0 Å². The molecule has 8 heteroatoms. The predicted octanol–water partition coefficient (Wildman–Crippen LogP) is 6.11. The third-order valence-electron chi connectivity index (χ3n) is 4.89. The number of thioether (sulfide) groups is 1. The van der Waals surface area contributed by atoms with Gasteiger partial charge in [-0.15, -0.1) is 11.3 Å². The van der Waals surface area contributed by atoms with Crippen LogP contribution in [0.4, 0.5) is 0 Å². The monoisotopic (exact) mass is 453 g/mol. The second kappa shape index (κ2) is 8.64. The topological polar surface area (TPSA) is 74.7 Å². The van der Waals surface area contributed by atoms with Gasteiger partial charge in [0.1, 0.15) is 22.7 Å². The average Bonchev–Trinajstić information content (AvgIpc) is 3.40. The third-order valence-corrected chi connectivity index (χ3v) is 7.16. The van der Waals surface area contributed by atoms with Crippen molar-refractivity contribution in [3.05, 3.63) is 59.1 Å². The van der Waals surface area contributed by atoms with Crippen molar-refractivity contribution in [1.29, 1.82) is 0 Å². The van der Waals surface area contributed by atoms with Crippen molar-refractivity contribution in [2.24, 2.45) is 0 Å². The van der Waals surface area contributed by atoms with Crippen molar-refractivity contribution in [2.75, 3.05) is 19.5 Å². The Morgan fingerprint density at radius 2 is 1.97 bits per heavy atom. The first-order valence-corrected chi connectivity index (χ1v) is 11.7. The van der Waals surface area contributed by atoms with Crippen molar-refractivity contribution < 1.29 is 18.3 Å². The highest BCUT2D eigenvalue weighted by Gasteiger charge is 2.13. The van der Waals surface area contributed by atoms with Crippen molar-refractivity contribution in [1.82, 2.24) is 4.98 Å². The molecule has 0 aliphatic rings. The molecule has 0 aliphatic carbocycles. The Kier molecular flexibility index (Phi) is 5.57. The fourth-order valence-corrected chi connectivity index (χ4v) is 5.50. The zero-order valence-electron chi connectivity index (χ0n) is 16.8. The number of furan rings is 1. The molecule has 5 rings (SSSR count). The Hall–Kier alpha value is -2.97. The van der Waals surface area contributed by atoms with Crippen molar-refractivity contribution in [3.63, 3.8) is 0 Å². The first-order chi connectivity index (χ1) is 15.2. The maximum absolute atomic E-state index is 11.6. The lowest BCUT2D eigenvalue weighted by molar-refractivity contribution is 0.316. The summed E-state index contributed by atoms with van der Waals surface area (Å²) in [6.07, 6.45) is 3.51. The van der Waals surface area contributed by atoms with Crippen LogP contribution < -0.4 is 15.1 Å². The van der Waals surface area contributed by atoms with Crippen LogP contribution in [0.1, 0.15) is 12.8 Å². The predicted molar refractivity (Wildman–Crippen MR) is 124 cm³/mol. The Morgan fingerprint density at radius 1 is 1.06 bits per heavy atom. The Morgan fingerprint density at radius 3 is 2.87 bits per heavy atom. The van der Waals surface area contributed by atoms with Crippen LogP contribution in [0, 0.1) is 0 Å². The summed E-state index contributed by atoms with van der Waals surface area (Å²) < 4.78 is 24.4. The molecule has 0 bridgehead atoms. The molecule has 3 aromatic heterocycles. The highest BCUT2D eigenvalue weighted by Crippen LogP contribution is 2.35. The van der Waals surface area contributed by atoms with Crippen LogP contribution in [0.15, 0.2) is 66.7 Å². The van der Waals surface area contributed by atoms with Gasteiger partial charge in [-0.1, -0.05) is 11.8 Å². The summed E-state index contributed by atoms with van der Waals surface area (Å²) in [4.78, 5) is 16.2. The zero-order valence-corrected chi connectivity index (χ0v) is 18.4. The number of nitrogens with zero attached hydrogens (tertiary/aromatic N) is 1. The molecule has 0 radical (unpaired) electrons. The molecular weight excluding hydrogens is 434 g/mol. The van der Waals surface area contributed by atoms with Crippen LogP contribution in [-0.2, 0) is 0 Å². The van der Waals surface area contributed by atoms with Gasteiger partial charge in [0.15, 0.2) is 4.34 Å². The van der Waals surface area contributed by atoms with E-state index in [0.717, 1.165) is 45.0 Å². The third kappa shape index (κ3) is 4.13. The summed E-state index contributed by atoms with van der Waals surface area (Å²) in [5, 5.41) is 1.65. The number of unbranched alkanes of at least 4 members (excludes halogenated alkanes) is 1. The quantitative estimate of drug-likeness (QED) is 0.159. The lowest BCUT2D eigenvalue weighted by Crippen LogP contribution is -2.01. The van der Waals surface area contributed by atoms with Gasteiger partial charge in [-0.05, 0) is 37.1 Å². The number of hydrogen-bond acceptors (Lipinski definition) is 8. The fraction of sp³-hybridized carbons (Fsp3) is 0.217. The number of aromatic nitrogens is 1. The lowest BCUT2D eigenvalue weighted by atomic mass is 10.1. The van der Waals surface area contributed by atoms with E-state index in [4.69, 9.17) is 18.3 Å². The van der Waals surface area contributed by atoms with E-state index >= 15 is 0 Å². The molecule has 0 amide bonds. The molecule has 2 aromatic carbocycles. The molecule has 6 nitrogen and oxygen atoms in total. The van der Waals surface area contributed by atoms with Crippen molar-refractivity contribution in [2.45, 2.75) is 17.2 Å². The largest absolute Gasteiger partial charge is 0.497 e. The van der Waals surface area contributed by atoms with Gasteiger partial charge in [-0.2, -0.15) is 0 Å². The Bertz CT molecular complexity index is 1420. The maximum atomic E-state index is 11.6. The zero-order chi connectivity index (χ0) is 21.2. The highest BCUT2D eigenvalue weighted by molar-refractivity contribution is 8.01. The summed E-state index contributed by atoms with van der Waals surface area (Å²) in [6, 6.07) is 12.7. The van der Waals surface area contributed by atoms with Crippen LogP contribution in [0.5, 0.6) is 11.5 Å². The standard InChI is InChI=1S/C23H19NO5S2/c1-26-14-4-6-20-17(12-14)24-23(31-20)30-11-3-2-9-28-22-15-5-7-21(25)29-19(15)13-18-16(22)8-10-27-18/h4-8,10,12-13H,2-3,9,11H2,1H3. The first-order valence-electron chi connectivity index (χ1n) is 9.85. The van der Waals surface area contributed by atoms with Gasteiger partial charge in [-0.3, -0.25) is 0 Å². The highest BCUT2D eigenvalue weighted by atomic mass is 32.2. The van der Waals surface area contributed by atoms with Crippen LogP contribution in [0.3, 0.4) is 0 Å². The summed E-state index contributed by atoms with van der Waals surface area (Å²) >= 11 is 3.46. The van der Waals surface area contributed by atoms with Crippen LogP contribution in [-0.4, -0.2) is 24.5 Å². The van der Waals surface area contributed by atoms with Crippen LogP contribution >= 0.6 is 23.1 Å². The molecule has 0 unspecified atom stereocenters. The molecule has 0 saturated carbocycles. The van der Waals surface area contributed by atoms with Gasteiger partial charge in [0.25, 0.3) is 0 Å². The van der Waals surface area contributed by atoms with Crippen molar-refractivity contribution >= 4 is 55.3 Å². The van der Waals surface area contributed by atoms with Crippen molar-refractivity contribution in [3.8, 4) is 11.5 Å². The summed E-state index contributed by atoms with van der Waals surface area (Å²) in [5.41, 5.74) is 1.68. The van der Waals surface area contributed by atoms with E-state index in [1.807, 2.05) is 24.3 Å². The van der Waals surface area contributed by atoms with Gasteiger partial charge in [0.2, 0.25) is 0 Å². The number of benzene rings is 2. The molecule has 158 valence electrons. The smallest absolute Gasteiger partial charge is 0.336 e. The number of thiazole rings is 1. The lowest BCUT2D eigenvalue weighted by Gasteiger charge is -2.10. The minimum Gasteiger partial charge on any atom is -0.497 e. The van der Waals surface area contributed by atoms with E-state index in [2.05, 4.69) is 4.98 Å². The Balaban J connectivity index is 1.19. The molecule has 3 heterocycles. The number of methoxy groups -OCH3 is 1. The second-order valence-corrected chi connectivity index (χ2v) is 9.29. The molecule has 0 aliphatic heterocycles. The second-order valence-electron chi connectivity index (χ2n) is 6.92. The van der Waals surface area contributed by atoms with E-state index in [-0.39, 0.29) is 0 Å². The van der Waals surface area contributed by atoms with E-state index in [0.29, 0.717) is 23.5 Å². The number of fused-ring (bicyclic) bond motifs is 3. The van der Waals surface area contributed by atoms with Crippen LogP contribution in [0.2, 0.25) is 0 Å².